The van der Waals surface area contributed by atoms with Gasteiger partial charge in [-0.25, -0.2) is 8.93 Å². The van der Waals surface area contributed by atoms with E-state index in [0.717, 1.165) is 18.2 Å². The fraction of sp³-hybridized carbons (Fsp3) is 0.417. The number of benzene rings is 2. The van der Waals surface area contributed by atoms with Crippen molar-refractivity contribution in [3.8, 4) is 0 Å². The van der Waals surface area contributed by atoms with Crippen LogP contribution in [0, 0.1) is 0 Å². The first-order valence-corrected chi connectivity index (χ1v) is 11.8. The van der Waals surface area contributed by atoms with E-state index in [4.69, 9.17) is 0 Å². The van der Waals surface area contributed by atoms with Crippen LogP contribution in [-0.2, 0) is 16.5 Å². The second-order valence-electron chi connectivity index (χ2n) is 9.20. The van der Waals surface area contributed by atoms with Crippen LogP contribution in [0.3, 0.4) is 0 Å². The Balaban J connectivity index is 2.98. The molecule has 0 radical (unpaired) electrons. The van der Waals surface area contributed by atoms with Crippen molar-refractivity contribution in [2.75, 3.05) is 0 Å². The van der Waals surface area contributed by atoms with Gasteiger partial charge in [-0.3, -0.25) is 0 Å². The third-order valence-electron chi connectivity index (χ3n) is 5.40. The van der Waals surface area contributed by atoms with Crippen molar-refractivity contribution in [3.05, 3.63) is 77.9 Å². The number of hydrogen-bond donors (Lipinski definition) is 1. The lowest BCUT2D eigenvalue weighted by molar-refractivity contribution is -0.427. The van der Waals surface area contributed by atoms with Gasteiger partial charge in [-0.15, -0.1) is 0 Å². The molecule has 0 saturated carbocycles. The molecule has 2 rings (SSSR count). The fourth-order valence-corrected chi connectivity index (χ4v) is 4.06. The molecule has 0 aliphatic carbocycles. The van der Waals surface area contributed by atoms with Gasteiger partial charge < -0.3 is 0 Å². The highest BCUT2D eigenvalue weighted by atomic mass is 32.2. The molecule has 0 aliphatic heterocycles. The monoisotopic (exact) mass is 581 g/mol. The van der Waals surface area contributed by atoms with Gasteiger partial charge in [-0.05, 0) is 31.9 Å². The van der Waals surface area contributed by atoms with Crippen molar-refractivity contribution in [2.45, 2.75) is 60.9 Å². The normalized spacial score (nSPS) is 16.9. The van der Waals surface area contributed by atoms with Crippen molar-refractivity contribution in [1.82, 2.24) is 4.72 Å². The van der Waals surface area contributed by atoms with Crippen LogP contribution in [0.1, 0.15) is 31.9 Å². The van der Waals surface area contributed by atoms with Gasteiger partial charge in [0, 0.05) is 0 Å². The molecule has 0 spiro atoms. The highest BCUT2D eigenvalue weighted by Crippen LogP contribution is 2.61. The topological polar surface area (TPSA) is 29.1 Å². The summed E-state index contributed by atoms with van der Waals surface area (Å²) in [5, 5.41) is 0. The number of rotatable bonds is 9. The summed E-state index contributed by atoms with van der Waals surface area (Å²) in [5.74, 6) is -29.0. The molecule has 1 N–H and O–H groups in total. The Morgan fingerprint density at radius 1 is 0.632 bits per heavy atom. The average molecular weight is 581 g/mol. The molecule has 0 aromatic heterocycles. The lowest BCUT2D eigenvalue weighted by Gasteiger charge is -2.46. The molecule has 2 nitrogen and oxygen atoms in total. The van der Waals surface area contributed by atoms with Gasteiger partial charge in [0.1, 0.15) is 5.54 Å². The van der Waals surface area contributed by atoms with Gasteiger partial charge in [0.15, 0.2) is 0 Å². The van der Waals surface area contributed by atoms with E-state index in [-0.39, 0.29) is 11.6 Å². The van der Waals surface area contributed by atoms with Gasteiger partial charge in [0.25, 0.3) is 0 Å². The molecule has 0 bridgehead atoms. The van der Waals surface area contributed by atoms with Crippen LogP contribution in [-0.4, -0.2) is 38.8 Å². The first-order valence-electron chi connectivity index (χ1n) is 10.6. The van der Waals surface area contributed by atoms with Gasteiger partial charge in [0.2, 0.25) is 0 Å². The third kappa shape index (κ3) is 5.33. The van der Waals surface area contributed by atoms with Crippen molar-refractivity contribution in [1.29, 1.82) is 0 Å². The zero-order valence-electron chi connectivity index (χ0n) is 19.9. The molecule has 0 heterocycles. The lowest BCUT2D eigenvalue weighted by Crippen LogP contribution is -2.73. The summed E-state index contributed by atoms with van der Waals surface area (Å²) >= 11 is 0. The van der Waals surface area contributed by atoms with Gasteiger partial charge in [0.05, 0.1) is 15.7 Å². The van der Waals surface area contributed by atoms with E-state index >= 15 is 17.6 Å². The standard InChI is InChI=1S/C24H22F11NOS/c1-18(2,3)38(37)36-19(17-12-8-5-9-13-17,15-14-16-10-6-4-7-11-16)20(25,26)21(27,28)22(29,30)23(31,32)24(33,34)35/h4-15,36H,1-3H3/b15-14+/t19-,38?/m0/s1. The van der Waals surface area contributed by atoms with Crippen LogP contribution >= 0.6 is 0 Å². The Hall–Kier alpha value is -2.48. The Morgan fingerprint density at radius 2 is 1.05 bits per heavy atom. The molecule has 38 heavy (non-hydrogen) atoms. The molecule has 0 aliphatic rings. The Bertz CT molecular complexity index is 1140. The Labute approximate surface area is 213 Å². The summed E-state index contributed by atoms with van der Waals surface area (Å²) in [4.78, 5) is 0. The minimum Gasteiger partial charge on any atom is -0.242 e. The summed E-state index contributed by atoms with van der Waals surface area (Å²) in [6.45, 7) is 3.57. The second-order valence-corrected chi connectivity index (χ2v) is 11.2. The maximum absolute atomic E-state index is 15.9. The highest BCUT2D eigenvalue weighted by molar-refractivity contribution is 7.84. The van der Waals surface area contributed by atoms with Crippen molar-refractivity contribution < 1.29 is 52.5 Å². The molecule has 2 aromatic rings. The lowest BCUT2D eigenvalue weighted by atomic mass is 9.78. The summed E-state index contributed by atoms with van der Waals surface area (Å²) in [7, 11) is -2.78. The number of halogens is 11. The molecular weight excluding hydrogens is 559 g/mol. The largest absolute Gasteiger partial charge is 0.460 e. The predicted molar refractivity (Wildman–Crippen MR) is 120 cm³/mol. The molecule has 2 atom stereocenters. The van der Waals surface area contributed by atoms with E-state index in [9.17, 15) is 34.9 Å². The maximum Gasteiger partial charge on any atom is 0.460 e. The smallest absolute Gasteiger partial charge is 0.242 e. The van der Waals surface area contributed by atoms with Crippen molar-refractivity contribution in [3.63, 3.8) is 0 Å². The van der Waals surface area contributed by atoms with E-state index in [1.165, 1.54) is 57.2 Å². The summed E-state index contributed by atoms with van der Waals surface area (Å²) in [5.41, 5.74) is -4.93. The van der Waals surface area contributed by atoms with E-state index in [2.05, 4.69) is 0 Å². The Morgan fingerprint density at radius 3 is 1.47 bits per heavy atom. The first-order chi connectivity index (χ1) is 17.1. The van der Waals surface area contributed by atoms with E-state index in [1.54, 1.807) is 4.72 Å². The van der Waals surface area contributed by atoms with Crippen LogP contribution in [0.2, 0.25) is 0 Å². The molecule has 1 unspecified atom stereocenters. The fourth-order valence-electron chi connectivity index (χ4n) is 3.14. The first kappa shape index (κ1) is 31.7. The molecule has 0 saturated heterocycles. The molecular formula is C24H22F11NOS. The SMILES string of the molecule is CC(C)(C)S(=O)N[C@@](/C=C/c1ccccc1)(c1ccccc1)C(F)(F)C(F)(F)C(F)(F)C(F)(F)C(F)(F)F. The summed E-state index contributed by atoms with van der Waals surface area (Å²) in [6, 6.07) is 11.4. The van der Waals surface area contributed by atoms with Crippen LogP contribution in [0.25, 0.3) is 6.08 Å². The number of alkyl halides is 11. The molecule has 2 aromatic carbocycles. The molecule has 212 valence electrons. The number of hydrogen-bond acceptors (Lipinski definition) is 1. The van der Waals surface area contributed by atoms with Gasteiger partial charge in [-0.1, -0.05) is 72.8 Å². The Kier molecular flexibility index (Phi) is 8.56. The molecule has 0 fully saturated rings. The van der Waals surface area contributed by atoms with Crippen LogP contribution in [0.15, 0.2) is 66.7 Å². The van der Waals surface area contributed by atoms with Crippen molar-refractivity contribution >= 4 is 17.1 Å². The number of nitrogens with one attached hydrogen (secondary N) is 1. The minimum atomic E-state index is -7.65. The predicted octanol–water partition coefficient (Wildman–Crippen LogP) is 7.75. The van der Waals surface area contributed by atoms with E-state index in [1.807, 2.05) is 0 Å². The van der Waals surface area contributed by atoms with E-state index < -0.39 is 56.7 Å². The maximum atomic E-state index is 15.9. The van der Waals surface area contributed by atoms with Crippen molar-refractivity contribution in [2.24, 2.45) is 0 Å². The molecule has 14 heteroatoms. The second kappa shape index (κ2) is 10.2. The minimum absolute atomic E-state index is 0.0302. The zero-order chi connectivity index (χ0) is 29.4. The van der Waals surface area contributed by atoms with Gasteiger partial charge >= 0.3 is 29.9 Å². The average Bonchev–Trinajstić information content (AvgIpc) is 2.81. The third-order valence-corrected chi connectivity index (χ3v) is 7.02. The zero-order valence-corrected chi connectivity index (χ0v) is 20.7. The van der Waals surface area contributed by atoms with Gasteiger partial charge in [-0.2, -0.15) is 48.3 Å². The van der Waals surface area contributed by atoms with E-state index in [0.29, 0.717) is 12.1 Å². The summed E-state index contributed by atoms with van der Waals surface area (Å²) < 4.78 is 169. The highest BCUT2D eigenvalue weighted by Gasteiger charge is 2.89. The van der Waals surface area contributed by atoms with Crippen LogP contribution < -0.4 is 4.72 Å². The van der Waals surface area contributed by atoms with Crippen LogP contribution in [0.4, 0.5) is 48.3 Å². The molecule has 0 amide bonds. The van der Waals surface area contributed by atoms with Crippen LogP contribution in [0.5, 0.6) is 0 Å². The quantitative estimate of drug-likeness (QED) is 0.302. The summed E-state index contributed by atoms with van der Waals surface area (Å²) in [6.07, 6.45) is -6.39.